The van der Waals surface area contributed by atoms with Gasteiger partial charge in [-0.2, -0.15) is 0 Å². The highest BCUT2D eigenvalue weighted by Gasteiger charge is 2.38. The van der Waals surface area contributed by atoms with Crippen LogP contribution in [0.2, 0.25) is 0 Å². The number of nitrogens with one attached hydrogen (secondary N) is 1. The van der Waals surface area contributed by atoms with Crippen LogP contribution in [0.25, 0.3) is 10.1 Å². The van der Waals surface area contributed by atoms with Gasteiger partial charge in [-0.25, -0.2) is 0 Å². The molecule has 1 N–H and O–H groups in total. The maximum Gasteiger partial charge on any atom is 0.257 e. The lowest BCUT2D eigenvalue weighted by Crippen LogP contribution is -2.50. The third-order valence-electron chi connectivity index (χ3n) is 4.81. The highest BCUT2D eigenvalue weighted by atomic mass is 32.1. The third-order valence-corrected chi connectivity index (χ3v) is 5.79. The van der Waals surface area contributed by atoms with Crippen molar-refractivity contribution in [3.8, 4) is 0 Å². The zero-order valence-electron chi connectivity index (χ0n) is 14.6. The average molecular weight is 365 g/mol. The Kier molecular flexibility index (Phi) is 4.12. The van der Waals surface area contributed by atoms with Gasteiger partial charge in [-0.05, 0) is 29.0 Å². The topological polar surface area (TPSA) is 52.7 Å². The van der Waals surface area contributed by atoms with E-state index in [1.165, 1.54) is 4.70 Å². The van der Waals surface area contributed by atoms with Crippen molar-refractivity contribution in [2.24, 2.45) is 0 Å². The SMILES string of the molecule is CNC(=O)CN1c2ccccc2C(=O)N(C)[C@H]1c1csc2ccccc12. The maximum absolute atomic E-state index is 13.0. The molecule has 0 fully saturated rings. The molecule has 0 aliphatic carbocycles. The number of likely N-dealkylation sites (N-methyl/N-ethyl adjacent to an activating group) is 1. The van der Waals surface area contributed by atoms with Gasteiger partial charge in [0, 0.05) is 24.4 Å². The van der Waals surface area contributed by atoms with Crippen molar-refractivity contribution in [1.29, 1.82) is 0 Å². The predicted molar refractivity (Wildman–Crippen MR) is 105 cm³/mol. The fraction of sp³-hybridized carbons (Fsp3) is 0.200. The van der Waals surface area contributed by atoms with Crippen molar-refractivity contribution < 1.29 is 9.59 Å². The summed E-state index contributed by atoms with van der Waals surface area (Å²) in [6.07, 6.45) is -0.328. The molecule has 0 saturated heterocycles. The van der Waals surface area contributed by atoms with Gasteiger partial charge >= 0.3 is 0 Å². The number of carbonyl (C=O) groups excluding carboxylic acids is 2. The van der Waals surface area contributed by atoms with E-state index in [0.717, 1.165) is 16.6 Å². The summed E-state index contributed by atoms with van der Waals surface area (Å²) in [6, 6.07) is 15.6. The van der Waals surface area contributed by atoms with E-state index in [2.05, 4.69) is 22.8 Å². The second kappa shape index (κ2) is 6.46. The third kappa shape index (κ3) is 2.54. The quantitative estimate of drug-likeness (QED) is 0.775. The Morgan fingerprint density at radius 1 is 1.15 bits per heavy atom. The van der Waals surface area contributed by atoms with Crippen LogP contribution < -0.4 is 10.2 Å². The van der Waals surface area contributed by atoms with Crippen LogP contribution in [-0.4, -0.2) is 37.4 Å². The smallest absolute Gasteiger partial charge is 0.257 e. The summed E-state index contributed by atoms with van der Waals surface area (Å²) < 4.78 is 1.17. The highest BCUT2D eigenvalue weighted by Crippen LogP contribution is 2.41. The van der Waals surface area contributed by atoms with Crippen molar-refractivity contribution in [1.82, 2.24) is 10.2 Å². The second-order valence-electron chi connectivity index (χ2n) is 6.30. The van der Waals surface area contributed by atoms with Crippen LogP contribution in [0.3, 0.4) is 0 Å². The van der Waals surface area contributed by atoms with Crippen molar-refractivity contribution >= 4 is 38.9 Å². The van der Waals surface area contributed by atoms with E-state index in [4.69, 9.17) is 0 Å². The van der Waals surface area contributed by atoms with Crippen molar-refractivity contribution in [3.05, 3.63) is 65.0 Å². The minimum absolute atomic E-state index is 0.0333. The van der Waals surface area contributed by atoms with Gasteiger partial charge in [0.05, 0.1) is 17.8 Å². The van der Waals surface area contributed by atoms with Gasteiger partial charge in [0.15, 0.2) is 0 Å². The molecular formula is C20H19N3O2S. The zero-order valence-corrected chi connectivity index (χ0v) is 15.4. The summed E-state index contributed by atoms with van der Waals surface area (Å²) in [5, 5.41) is 5.89. The molecule has 5 nitrogen and oxygen atoms in total. The van der Waals surface area contributed by atoms with Crippen LogP contribution in [0, 0.1) is 0 Å². The van der Waals surface area contributed by atoms with Crippen LogP contribution in [0.4, 0.5) is 5.69 Å². The standard InChI is InChI=1S/C20H19N3O2S/c1-21-18(24)11-23-16-9-5-3-8-14(16)20(25)22(2)19(23)15-12-26-17-10-6-4-7-13(15)17/h3-10,12,19H,11H2,1-2H3,(H,21,24)/t19-/m1/s1. The lowest BCUT2D eigenvalue weighted by Gasteiger charge is -2.43. The van der Waals surface area contributed by atoms with E-state index >= 15 is 0 Å². The maximum atomic E-state index is 13.0. The molecule has 2 amide bonds. The number of hydrogen-bond acceptors (Lipinski definition) is 4. The lowest BCUT2D eigenvalue weighted by atomic mass is 10.0. The van der Waals surface area contributed by atoms with Gasteiger partial charge in [-0.15, -0.1) is 11.3 Å². The van der Waals surface area contributed by atoms with Crippen LogP contribution >= 0.6 is 11.3 Å². The number of para-hydroxylation sites is 1. The fourth-order valence-electron chi connectivity index (χ4n) is 3.53. The molecule has 2 aromatic carbocycles. The molecule has 1 aliphatic rings. The number of hydrogen-bond donors (Lipinski definition) is 1. The summed E-state index contributed by atoms with van der Waals surface area (Å²) in [7, 11) is 3.42. The molecule has 0 unspecified atom stereocenters. The first-order chi connectivity index (χ1) is 12.6. The molecule has 0 saturated carbocycles. The van der Waals surface area contributed by atoms with Crippen LogP contribution in [-0.2, 0) is 4.79 Å². The van der Waals surface area contributed by atoms with Crippen molar-refractivity contribution in [2.45, 2.75) is 6.17 Å². The largest absolute Gasteiger partial charge is 0.358 e. The Bertz CT molecular complexity index is 997. The van der Waals surface area contributed by atoms with E-state index in [0.29, 0.717) is 5.56 Å². The van der Waals surface area contributed by atoms with Gasteiger partial charge in [0.1, 0.15) is 6.17 Å². The number of anilines is 1. The minimum atomic E-state index is -0.328. The van der Waals surface area contributed by atoms with Crippen LogP contribution in [0.15, 0.2) is 53.9 Å². The Hall–Kier alpha value is -2.86. The fourth-order valence-corrected chi connectivity index (χ4v) is 4.50. The minimum Gasteiger partial charge on any atom is -0.358 e. The Morgan fingerprint density at radius 3 is 2.69 bits per heavy atom. The highest BCUT2D eigenvalue weighted by molar-refractivity contribution is 7.17. The number of thiophene rings is 1. The van der Waals surface area contributed by atoms with Gasteiger partial charge in [0.25, 0.3) is 5.91 Å². The van der Waals surface area contributed by atoms with E-state index in [9.17, 15) is 9.59 Å². The molecule has 26 heavy (non-hydrogen) atoms. The molecule has 3 aromatic rings. The number of benzene rings is 2. The molecule has 1 atom stereocenters. The number of amides is 2. The van der Waals surface area contributed by atoms with Gasteiger partial charge in [-0.3, -0.25) is 9.59 Å². The van der Waals surface area contributed by atoms with Crippen LogP contribution in [0.1, 0.15) is 22.1 Å². The summed E-state index contributed by atoms with van der Waals surface area (Å²) in [5.41, 5.74) is 2.45. The molecule has 0 radical (unpaired) electrons. The van der Waals surface area contributed by atoms with E-state index in [1.54, 1.807) is 30.3 Å². The monoisotopic (exact) mass is 365 g/mol. The number of carbonyl (C=O) groups is 2. The summed E-state index contributed by atoms with van der Waals surface area (Å²) in [6.45, 7) is 0.181. The number of rotatable bonds is 3. The van der Waals surface area contributed by atoms with E-state index in [-0.39, 0.29) is 24.5 Å². The Balaban J connectivity index is 1.90. The van der Waals surface area contributed by atoms with Crippen LogP contribution in [0.5, 0.6) is 0 Å². The summed E-state index contributed by atoms with van der Waals surface area (Å²) >= 11 is 1.65. The van der Waals surface area contributed by atoms with E-state index < -0.39 is 0 Å². The molecular weight excluding hydrogens is 346 g/mol. The first-order valence-corrected chi connectivity index (χ1v) is 9.29. The van der Waals surface area contributed by atoms with E-state index in [1.807, 2.05) is 41.3 Å². The summed E-state index contributed by atoms with van der Waals surface area (Å²) in [4.78, 5) is 28.9. The molecule has 4 rings (SSSR count). The molecule has 0 spiro atoms. The van der Waals surface area contributed by atoms with Gasteiger partial charge < -0.3 is 15.1 Å². The lowest BCUT2D eigenvalue weighted by molar-refractivity contribution is -0.119. The van der Waals surface area contributed by atoms with Gasteiger partial charge in [-0.1, -0.05) is 30.3 Å². The average Bonchev–Trinajstić information content (AvgIpc) is 3.10. The first-order valence-electron chi connectivity index (χ1n) is 8.41. The Morgan fingerprint density at radius 2 is 1.88 bits per heavy atom. The number of nitrogens with zero attached hydrogens (tertiary/aromatic N) is 2. The first kappa shape index (κ1) is 16.6. The van der Waals surface area contributed by atoms with Crippen molar-refractivity contribution in [2.75, 3.05) is 25.5 Å². The zero-order chi connectivity index (χ0) is 18.3. The summed E-state index contributed by atoms with van der Waals surface area (Å²) in [5.74, 6) is -0.124. The predicted octanol–water partition coefficient (Wildman–Crippen LogP) is 3.24. The molecule has 1 aromatic heterocycles. The van der Waals surface area contributed by atoms with Crippen molar-refractivity contribution in [3.63, 3.8) is 0 Å². The second-order valence-corrected chi connectivity index (χ2v) is 7.21. The molecule has 0 bridgehead atoms. The molecule has 132 valence electrons. The molecule has 1 aliphatic heterocycles. The Labute approximate surface area is 155 Å². The van der Waals surface area contributed by atoms with Gasteiger partial charge in [0.2, 0.25) is 5.91 Å². The molecule has 2 heterocycles. The molecule has 6 heteroatoms. The normalized spacial score (nSPS) is 16.7. The number of fused-ring (bicyclic) bond motifs is 2.